The van der Waals surface area contributed by atoms with E-state index in [0.29, 0.717) is 11.4 Å². The maximum absolute atomic E-state index is 14.0. The van der Waals surface area contributed by atoms with Crippen molar-refractivity contribution in [2.75, 3.05) is 24.2 Å². The predicted octanol–water partition coefficient (Wildman–Crippen LogP) is 3.93. The summed E-state index contributed by atoms with van der Waals surface area (Å²) in [5.74, 6) is -0.196. The van der Waals surface area contributed by atoms with Crippen molar-refractivity contribution in [3.63, 3.8) is 0 Å². The summed E-state index contributed by atoms with van der Waals surface area (Å²) in [5.41, 5.74) is 2.97. The Morgan fingerprint density at radius 1 is 0.923 bits per heavy atom. The predicted molar refractivity (Wildman–Crippen MR) is 154 cm³/mol. The molecule has 3 aromatic rings. The molecule has 0 saturated heterocycles. The van der Waals surface area contributed by atoms with Crippen LogP contribution in [-0.4, -0.2) is 57.1 Å². The molecule has 2 amide bonds. The van der Waals surface area contributed by atoms with Gasteiger partial charge in [0.25, 0.3) is 0 Å². The van der Waals surface area contributed by atoms with Crippen LogP contribution in [0.15, 0.2) is 78.9 Å². The van der Waals surface area contributed by atoms with Gasteiger partial charge in [-0.3, -0.25) is 13.9 Å². The molecule has 1 atom stereocenters. The highest BCUT2D eigenvalue weighted by molar-refractivity contribution is 7.92. The number of nitrogens with zero attached hydrogens (tertiary/aromatic N) is 2. The summed E-state index contributed by atoms with van der Waals surface area (Å²) in [4.78, 5) is 29.0. The second-order valence-corrected chi connectivity index (χ2v) is 11.8. The zero-order valence-electron chi connectivity index (χ0n) is 23.1. The van der Waals surface area contributed by atoms with Crippen molar-refractivity contribution in [1.29, 1.82) is 0 Å². The lowest BCUT2D eigenvalue weighted by Crippen LogP contribution is -2.54. The van der Waals surface area contributed by atoms with Crippen LogP contribution in [0.3, 0.4) is 0 Å². The van der Waals surface area contributed by atoms with Crippen molar-refractivity contribution < 1.29 is 22.7 Å². The molecular weight excluding hydrogens is 514 g/mol. The number of aryl methyl sites for hydroxylation is 1. The number of anilines is 1. The molecule has 0 aromatic heterocycles. The standard InChI is InChI=1S/C30H37N3O5S/c1-22(2)31-30(35)28(19-24-10-7-6-8-11-24)32(20-25-12-9-13-27(18-25)38-4)29(34)21-33(39(5,36)37)26-16-14-23(3)15-17-26/h6-18,22,28H,19-21H2,1-5H3,(H,31,35)/t28-/m1/s1. The van der Waals surface area contributed by atoms with E-state index < -0.39 is 28.5 Å². The van der Waals surface area contributed by atoms with Crippen LogP contribution in [0.2, 0.25) is 0 Å². The zero-order chi connectivity index (χ0) is 28.6. The lowest BCUT2D eigenvalue weighted by Gasteiger charge is -2.34. The lowest BCUT2D eigenvalue weighted by molar-refractivity contribution is -0.140. The lowest BCUT2D eigenvalue weighted by atomic mass is 10.0. The summed E-state index contributed by atoms with van der Waals surface area (Å²) in [5, 5.41) is 2.94. The Kier molecular flexibility index (Phi) is 10.1. The maximum atomic E-state index is 14.0. The summed E-state index contributed by atoms with van der Waals surface area (Å²) < 4.78 is 32.1. The second kappa shape index (κ2) is 13.3. The number of methoxy groups -OCH3 is 1. The fraction of sp³-hybridized carbons (Fsp3) is 0.333. The number of rotatable bonds is 12. The topological polar surface area (TPSA) is 96.0 Å². The van der Waals surface area contributed by atoms with Gasteiger partial charge in [0.2, 0.25) is 21.8 Å². The fourth-order valence-corrected chi connectivity index (χ4v) is 5.08. The first-order chi connectivity index (χ1) is 18.5. The molecule has 39 heavy (non-hydrogen) atoms. The Bertz CT molecular complexity index is 1360. The van der Waals surface area contributed by atoms with Gasteiger partial charge in [0, 0.05) is 19.0 Å². The van der Waals surface area contributed by atoms with E-state index in [2.05, 4.69) is 5.32 Å². The van der Waals surface area contributed by atoms with Crippen molar-refractivity contribution in [2.24, 2.45) is 0 Å². The first-order valence-electron chi connectivity index (χ1n) is 12.8. The summed E-state index contributed by atoms with van der Waals surface area (Å²) in [6.07, 6.45) is 1.33. The van der Waals surface area contributed by atoms with Crippen molar-refractivity contribution in [1.82, 2.24) is 10.2 Å². The number of nitrogens with one attached hydrogen (secondary N) is 1. The highest BCUT2D eigenvalue weighted by atomic mass is 32.2. The zero-order valence-corrected chi connectivity index (χ0v) is 23.9. The van der Waals surface area contributed by atoms with Crippen molar-refractivity contribution in [2.45, 2.75) is 45.8 Å². The number of benzene rings is 3. The van der Waals surface area contributed by atoms with E-state index >= 15 is 0 Å². The van der Waals surface area contributed by atoms with Crippen molar-refractivity contribution in [3.8, 4) is 5.75 Å². The molecule has 0 radical (unpaired) electrons. The molecule has 0 fully saturated rings. The molecule has 0 aliphatic heterocycles. The smallest absolute Gasteiger partial charge is 0.244 e. The number of carbonyl (C=O) groups is 2. The van der Waals surface area contributed by atoms with E-state index in [-0.39, 0.29) is 24.9 Å². The third-order valence-electron chi connectivity index (χ3n) is 6.19. The minimum Gasteiger partial charge on any atom is -0.497 e. The van der Waals surface area contributed by atoms with Crippen LogP contribution in [-0.2, 0) is 32.6 Å². The highest BCUT2D eigenvalue weighted by Crippen LogP contribution is 2.22. The number of hydrogen-bond acceptors (Lipinski definition) is 5. The number of carbonyl (C=O) groups excluding carboxylic acids is 2. The first-order valence-corrected chi connectivity index (χ1v) is 14.6. The molecule has 208 valence electrons. The van der Waals surface area contributed by atoms with Crippen LogP contribution in [0.25, 0.3) is 0 Å². The Labute approximate surface area is 231 Å². The number of sulfonamides is 1. The van der Waals surface area contributed by atoms with Gasteiger partial charge < -0.3 is 15.0 Å². The van der Waals surface area contributed by atoms with Crippen molar-refractivity contribution in [3.05, 3.63) is 95.6 Å². The summed E-state index contributed by atoms with van der Waals surface area (Å²) in [6.45, 7) is 5.25. The second-order valence-electron chi connectivity index (χ2n) is 9.85. The molecule has 1 N–H and O–H groups in total. The molecule has 0 unspecified atom stereocenters. The molecule has 8 nitrogen and oxygen atoms in total. The molecule has 0 aliphatic carbocycles. The fourth-order valence-electron chi connectivity index (χ4n) is 4.23. The Morgan fingerprint density at radius 2 is 1.56 bits per heavy atom. The van der Waals surface area contributed by atoms with Crippen molar-refractivity contribution >= 4 is 27.5 Å². The molecule has 3 aromatic carbocycles. The molecule has 0 heterocycles. The molecule has 0 saturated carbocycles. The van der Waals surface area contributed by atoms with E-state index in [0.717, 1.165) is 27.3 Å². The molecular formula is C30H37N3O5S. The van der Waals surface area contributed by atoms with Gasteiger partial charge in [0.1, 0.15) is 18.3 Å². The normalized spacial score (nSPS) is 12.1. The molecule has 3 rings (SSSR count). The van der Waals surface area contributed by atoms with E-state index in [1.165, 1.54) is 4.90 Å². The molecule has 0 bridgehead atoms. The minimum atomic E-state index is -3.80. The third-order valence-corrected chi connectivity index (χ3v) is 7.33. The quantitative estimate of drug-likeness (QED) is 0.368. The van der Waals surface area contributed by atoms with E-state index in [1.807, 2.05) is 63.2 Å². The monoisotopic (exact) mass is 551 g/mol. The summed E-state index contributed by atoms with van der Waals surface area (Å²) in [7, 11) is -2.24. The van der Waals surface area contributed by atoms with Gasteiger partial charge in [-0.15, -0.1) is 0 Å². The van der Waals surface area contributed by atoms with Gasteiger partial charge in [-0.1, -0.05) is 60.2 Å². The van der Waals surface area contributed by atoms with Crippen LogP contribution < -0.4 is 14.4 Å². The maximum Gasteiger partial charge on any atom is 0.244 e. The Hall–Kier alpha value is -3.85. The van der Waals surface area contributed by atoms with Gasteiger partial charge in [-0.05, 0) is 56.2 Å². The molecule has 0 spiro atoms. The third kappa shape index (κ3) is 8.58. The van der Waals surface area contributed by atoms with Gasteiger partial charge in [-0.25, -0.2) is 8.42 Å². The first kappa shape index (κ1) is 29.7. The minimum absolute atomic E-state index is 0.0878. The SMILES string of the molecule is COc1cccc(CN(C(=O)CN(c2ccc(C)cc2)S(C)(=O)=O)[C@H](Cc2ccccc2)C(=O)NC(C)C)c1. The van der Waals surface area contributed by atoms with Crippen LogP contribution in [0, 0.1) is 6.92 Å². The van der Waals surface area contributed by atoms with E-state index in [9.17, 15) is 18.0 Å². The summed E-state index contributed by atoms with van der Waals surface area (Å²) in [6, 6.07) is 22.6. The van der Waals surface area contributed by atoms with Gasteiger partial charge in [0.15, 0.2) is 0 Å². The van der Waals surface area contributed by atoms with Gasteiger partial charge >= 0.3 is 0 Å². The van der Waals surface area contributed by atoms with E-state index in [4.69, 9.17) is 4.74 Å². The highest BCUT2D eigenvalue weighted by Gasteiger charge is 2.33. The molecule has 0 aliphatic rings. The van der Waals surface area contributed by atoms with Crippen LogP contribution in [0.5, 0.6) is 5.75 Å². The molecule has 9 heteroatoms. The average molecular weight is 552 g/mol. The Balaban J connectivity index is 2.06. The average Bonchev–Trinajstić information content (AvgIpc) is 2.89. The number of amides is 2. The Morgan fingerprint density at radius 3 is 2.15 bits per heavy atom. The summed E-state index contributed by atoms with van der Waals surface area (Å²) >= 11 is 0. The van der Waals surface area contributed by atoms with Crippen LogP contribution >= 0.6 is 0 Å². The van der Waals surface area contributed by atoms with E-state index in [1.54, 1.807) is 43.5 Å². The van der Waals surface area contributed by atoms with Gasteiger partial charge in [-0.2, -0.15) is 0 Å². The van der Waals surface area contributed by atoms with Crippen LogP contribution in [0.1, 0.15) is 30.5 Å². The van der Waals surface area contributed by atoms with Gasteiger partial charge in [0.05, 0.1) is 19.1 Å². The van der Waals surface area contributed by atoms with Crippen LogP contribution in [0.4, 0.5) is 5.69 Å². The number of ether oxygens (including phenoxy) is 1. The number of hydrogen-bond donors (Lipinski definition) is 1. The largest absolute Gasteiger partial charge is 0.497 e.